The number of hydrogen-bond acceptors (Lipinski definition) is 3. The molecular weight excluding hydrogens is 258 g/mol. The molecule has 120 valence electrons. The zero-order valence-corrected chi connectivity index (χ0v) is 14.0. The predicted molar refractivity (Wildman–Crippen MR) is 93.8 cm³/mol. The lowest BCUT2D eigenvalue weighted by Crippen LogP contribution is -2.19. The van der Waals surface area contributed by atoms with Gasteiger partial charge in [0, 0.05) is 13.6 Å². The average molecular weight is 291 g/mol. The summed E-state index contributed by atoms with van der Waals surface area (Å²) in [6, 6.07) is 5.82. The number of rotatable bonds is 12. The van der Waals surface area contributed by atoms with Gasteiger partial charge in [-0.3, -0.25) is 0 Å². The summed E-state index contributed by atoms with van der Waals surface area (Å²) in [6.45, 7) is 3.34. The maximum absolute atomic E-state index is 5.71. The Hall–Kier alpha value is -1.25. The zero-order chi connectivity index (χ0) is 15.3. The molecule has 1 aromatic heterocycles. The Balaban J connectivity index is 1.96. The molecular formula is C18H33N3. The smallest absolute Gasteiger partial charge is 0.130 e. The van der Waals surface area contributed by atoms with Crippen molar-refractivity contribution in [1.82, 2.24) is 4.98 Å². The number of pyridine rings is 1. The molecule has 0 atom stereocenters. The van der Waals surface area contributed by atoms with Crippen molar-refractivity contribution in [3.63, 3.8) is 0 Å². The molecule has 3 nitrogen and oxygen atoms in total. The number of hydrogen-bond donors (Lipinski definition) is 1. The Labute approximate surface area is 130 Å². The van der Waals surface area contributed by atoms with E-state index in [1.54, 1.807) is 0 Å². The van der Waals surface area contributed by atoms with Crippen LogP contribution in [0.4, 0.5) is 11.6 Å². The minimum atomic E-state index is 0.599. The summed E-state index contributed by atoms with van der Waals surface area (Å²) in [4.78, 5) is 6.54. The second-order valence-corrected chi connectivity index (χ2v) is 6.02. The average Bonchev–Trinajstić information content (AvgIpc) is 2.49. The van der Waals surface area contributed by atoms with Crippen LogP contribution in [-0.2, 0) is 0 Å². The maximum Gasteiger partial charge on any atom is 0.130 e. The van der Waals surface area contributed by atoms with Crippen molar-refractivity contribution in [2.75, 3.05) is 24.2 Å². The van der Waals surface area contributed by atoms with Crippen LogP contribution in [0.2, 0.25) is 0 Å². The van der Waals surface area contributed by atoms with E-state index in [1.807, 2.05) is 18.2 Å². The SMILES string of the molecule is CCCCCCCCCCCCN(C)c1cccc(N)n1. The maximum atomic E-state index is 5.71. The van der Waals surface area contributed by atoms with Crippen molar-refractivity contribution in [3.05, 3.63) is 18.2 Å². The topological polar surface area (TPSA) is 42.1 Å². The predicted octanol–water partition coefficient (Wildman–Crippen LogP) is 5.02. The van der Waals surface area contributed by atoms with E-state index in [4.69, 9.17) is 5.73 Å². The van der Waals surface area contributed by atoms with Crippen LogP contribution in [0.15, 0.2) is 18.2 Å². The first-order chi connectivity index (χ1) is 10.2. The van der Waals surface area contributed by atoms with Crippen molar-refractivity contribution in [3.8, 4) is 0 Å². The van der Waals surface area contributed by atoms with Crippen molar-refractivity contribution in [1.29, 1.82) is 0 Å². The highest BCUT2D eigenvalue weighted by Gasteiger charge is 2.02. The number of nitrogens with zero attached hydrogens (tertiary/aromatic N) is 2. The van der Waals surface area contributed by atoms with Gasteiger partial charge in [-0.05, 0) is 18.6 Å². The van der Waals surface area contributed by atoms with E-state index in [0.717, 1.165) is 12.4 Å². The molecule has 0 fully saturated rings. The Kier molecular flexibility index (Phi) is 9.68. The van der Waals surface area contributed by atoms with Gasteiger partial charge in [0.1, 0.15) is 11.6 Å². The molecule has 3 heteroatoms. The van der Waals surface area contributed by atoms with Crippen LogP contribution < -0.4 is 10.6 Å². The molecule has 0 saturated heterocycles. The van der Waals surface area contributed by atoms with Gasteiger partial charge in [0.15, 0.2) is 0 Å². The fourth-order valence-electron chi connectivity index (χ4n) is 2.60. The van der Waals surface area contributed by atoms with Crippen LogP contribution in [-0.4, -0.2) is 18.6 Å². The van der Waals surface area contributed by atoms with Gasteiger partial charge in [0.2, 0.25) is 0 Å². The molecule has 0 aromatic carbocycles. The summed E-state index contributed by atoms with van der Waals surface area (Å²) in [5.41, 5.74) is 5.71. The van der Waals surface area contributed by atoms with Crippen LogP contribution in [0.3, 0.4) is 0 Å². The summed E-state index contributed by atoms with van der Waals surface area (Å²) >= 11 is 0. The molecule has 0 spiro atoms. The van der Waals surface area contributed by atoms with Gasteiger partial charge < -0.3 is 10.6 Å². The number of aromatic nitrogens is 1. The standard InChI is InChI=1S/C18H33N3/c1-3-4-5-6-7-8-9-10-11-12-16-21(2)18-15-13-14-17(19)20-18/h13-15H,3-12,16H2,1-2H3,(H2,19,20). The Bertz CT molecular complexity index is 365. The highest BCUT2D eigenvalue weighted by Crippen LogP contribution is 2.13. The third-order valence-electron chi connectivity index (χ3n) is 3.99. The first kappa shape index (κ1) is 17.8. The molecule has 0 aliphatic heterocycles. The van der Waals surface area contributed by atoms with Gasteiger partial charge in [-0.15, -0.1) is 0 Å². The van der Waals surface area contributed by atoms with Crippen LogP contribution >= 0.6 is 0 Å². The lowest BCUT2D eigenvalue weighted by Gasteiger charge is -2.18. The molecule has 0 unspecified atom stereocenters. The minimum absolute atomic E-state index is 0.599. The third kappa shape index (κ3) is 8.59. The van der Waals surface area contributed by atoms with Gasteiger partial charge in [-0.1, -0.05) is 70.8 Å². The lowest BCUT2D eigenvalue weighted by atomic mass is 10.1. The van der Waals surface area contributed by atoms with E-state index in [-0.39, 0.29) is 0 Å². The van der Waals surface area contributed by atoms with E-state index in [1.165, 1.54) is 64.2 Å². The highest BCUT2D eigenvalue weighted by molar-refractivity contribution is 5.43. The number of anilines is 2. The quantitative estimate of drug-likeness (QED) is 0.550. The van der Waals surface area contributed by atoms with Crippen LogP contribution in [0.1, 0.15) is 71.1 Å². The van der Waals surface area contributed by atoms with Crippen LogP contribution in [0, 0.1) is 0 Å². The van der Waals surface area contributed by atoms with E-state index in [2.05, 4.69) is 23.9 Å². The van der Waals surface area contributed by atoms with Crippen molar-refractivity contribution in [2.24, 2.45) is 0 Å². The van der Waals surface area contributed by atoms with Crippen LogP contribution in [0.25, 0.3) is 0 Å². The van der Waals surface area contributed by atoms with E-state index in [9.17, 15) is 0 Å². The summed E-state index contributed by atoms with van der Waals surface area (Å²) in [6.07, 6.45) is 13.8. The second-order valence-electron chi connectivity index (χ2n) is 6.02. The molecule has 0 saturated carbocycles. The van der Waals surface area contributed by atoms with Gasteiger partial charge in [-0.25, -0.2) is 4.98 Å². The Morgan fingerprint density at radius 3 is 2.05 bits per heavy atom. The minimum Gasteiger partial charge on any atom is -0.384 e. The molecule has 1 rings (SSSR count). The third-order valence-corrected chi connectivity index (χ3v) is 3.99. The number of unbranched alkanes of at least 4 members (excludes halogenated alkanes) is 9. The molecule has 0 aliphatic rings. The van der Waals surface area contributed by atoms with E-state index >= 15 is 0 Å². The lowest BCUT2D eigenvalue weighted by molar-refractivity contribution is 0.556. The molecule has 1 heterocycles. The van der Waals surface area contributed by atoms with Crippen LogP contribution in [0.5, 0.6) is 0 Å². The molecule has 1 aromatic rings. The molecule has 21 heavy (non-hydrogen) atoms. The fourth-order valence-corrected chi connectivity index (χ4v) is 2.60. The summed E-state index contributed by atoms with van der Waals surface area (Å²) in [5, 5.41) is 0. The first-order valence-corrected chi connectivity index (χ1v) is 8.67. The normalized spacial score (nSPS) is 10.8. The largest absolute Gasteiger partial charge is 0.384 e. The molecule has 0 amide bonds. The van der Waals surface area contributed by atoms with Crippen molar-refractivity contribution < 1.29 is 0 Å². The monoisotopic (exact) mass is 291 g/mol. The Morgan fingerprint density at radius 1 is 0.905 bits per heavy atom. The van der Waals surface area contributed by atoms with Gasteiger partial charge in [-0.2, -0.15) is 0 Å². The molecule has 0 bridgehead atoms. The number of nitrogens with two attached hydrogens (primary N) is 1. The van der Waals surface area contributed by atoms with Gasteiger partial charge >= 0.3 is 0 Å². The van der Waals surface area contributed by atoms with Crippen molar-refractivity contribution in [2.45, 2.75) is 71.1 Å². The van der Waals surface area contributed by atoms with E-state index < -0.39 is 0 Å². The van der Waals surface area contributed by atoms with Crippen molar-refractivity contribution >= 4 is 11.6 Å². The summed E-state index contributed by atoms with van der Waals surface area (Å²) < 4.78 is 0. The van der Waals surface area contributed by atoms with Gasteiger partial charge in [0.25, 0.3) is 0 Å². The molecule has 0 radical (unpaired) electrons. The van der Waals surface area contributed by atoms with Gasteiger partial charge in [0.05, 0.1) is 0 Å². The molecule has 2 N–H and O–H groups in total. The fraction of sp³-hybridized carbons (Fsp3) is 0.722. The summed E-state index contributed by atoms with van der Waals surface area (Å²) in [5.74, 6) is 1.58. The summed E-state index contributed by atoms with van der Waals surface area (Å²) in [7, 11) is 2.09. The Morgan fingerprint density at radius 2 is 1.48 bits per heavy atom. The first-order valence-electron chi connectivity index (χ1n) is 8.67. The van der Waals surface area contributed by atoms with E-state index in [0.29, 0.717) is 5.82 Å². The number of nitrogen functional groups attached to an aromatic ring is 1. The second kappa shape index (κ2) is 11.4. The molecule has 0 aliphatic carbocycles. The zero-order valence-electron chi connectivity index (χ0n) is 14.0. The highest BCUT2D eigenvalue weighted by atomic mass is 15.2.